The maximum atomic E-state index is 11.9. The minimum absolute atomic E-state index is 0.0613. The van der Waals surface area contributed by atoms with Crippen molar-refractivity contribution in [1.82, 2.24) is 4.98 Å². The average molecular weight is 260 g/mol. The van der Waals surface area contributed by atoms with E-state index < -0.39 is 5.91 Å². The van der Waals surface area contributed by atoms with E-state index >= 15 is 0 Å². The molecule has 0 bridgehead atoms. The van der Waals surface area contributed by atoms with Crippen LogP contribution in [0, 0.1) is 0 Å². The molecule has 5 heteroatoms. The highest BCUT2D eigenvalue weighted by atomic mass is 32.1. The topological polar surface area (TPSA) is 73.1 Å². The Kier molecular flexibility index (Phi) is 3.62. The summed E-state index contributed by atoms with van der Waals surface area (Å²) in [5.74, 6) is -0.591. The molecule has 0 saturated carbocycles. The van der Waals surface area contributed by atoms with E-state index in [1.54, 1.807) is 24.4 Å². The second-order valence-corrected chi connectivity index (χ2v) is 4.44. The van der Waals surface area contributed by atoms with Crippen molar-refractivity contribution in [2.45, 2.75) is 17.7 Å². The van der Waals surface area contributed by atoms with Gasteiger partial charge < -0.3 is 5.73 Å². The smallest absolute Gasteiger partial charge is 0.217 e. The molecule has 18 heavy (non-hydrogen) atoms. The van der Waals surface area contributed by atoms with Crippen molar-refractivity contribution in [3.8, 4) is 0 Å². The van der Waals surface area contributed by atoms with Crippen LogP contribution in [-0.4, -0.2) is 16.7 Å². The lowest BCUT2D eigenvalue weighted by Gasteiger charge is -2.04. The molecule has 0 unspecified atom stereocenters. The number of amides is 1. The monoisotopic (exact) mass is 260 g/mol. The normalized spacial score (nSPS) is 10.5. The molecule has 0 saturated heterocycles. The lowest BCUT2D eigenvalue weighted by atomic mass is 10.0. The second-order valence-electron chi connectivity index (χ2n) is 3.96. The number of ketones is 1. The number of pyridine rings is 1. The number of primary amides is 1. The molecule has 4 nitrogen and oxygen atoms in total. The number of rotatable bonds is 4. The van der Waals surface area contributed by atoms with E-state index in [2.05, 4.69) is 17.6 Å². The molecule has 2 rings (SSSR count). The Balaban J connectivity index is 2.34. The van der Waals surface area contributed by atoms with Gasteiger partial charge >= 0.3 is 0 Å². The number of Topliss-reactive ketones (excluding diaryl/α,β-unsaturated/α-hetero) is 1. The molecule has 2 N–H and O–H groups in total. The number of aromatic nitrogens is 1. The Hall–Kier alpha value is -1.88. The van der Waals surface area contributed by atoms with Crippen LogP contribution in [0.2, 0.25) is 0 Å². The first-order valence-corrected chi connectivity index (χ1v) is 5.92. The predicted molar refractivity (Wildman–Crippen MR) is 71.8 cm³/mol. The Labute approximate surface area is 110 Å². The largest absolute Gasteiger partial charge is 0.370 e. The van der Waals surface area contributed by atoms with Crippen molar-refractivity contribution >= 4 is 35.2 Å². The van der Waals surface area contributed by atoms with Gasteiger partial charge in [0.25, 0.3) is 0 Å². The average Bonchev–Trinajstić information content (AvgIpc) is 2.36. The van der Waals surface area contributed by atoms with Crippen LogP contribution >= 0.6 is 12.6 Å². The van der Waals surface area contributed by atoms with Crippen molar-refractivity contribution in [3.05, 3.63) is 36.0 Å². The van der Waals surface area contributed by atoms with E-state index in [0.29, 0.717) is 10.5 Å². The molecular formula is C13H12N2O2S. The van der Waals surface area contributed by atoms with Crippen LogP contribution in [0.3, 0.4) is 0 Å². The van der Waals surface area contributed by atoms with Crippen molar-refractivity contribution in [2.75, 3.05) is 0 Å². The van der Waals surface area contributed by atoms with Crippen LogP contribution < -0.4 is 5.73 Å². The summed E-state index contributed by atoms with van der Waals surface area (Å²) in [6, 6.07) is 7.09. The highest BCUT2D eigenvalue weighted by molar-refractivity contribution is 7.80. The molecule has 0 aliphatic heterocycles. The van der Waals surface area contributed by atoms with E-state index in [1.165, 1.54) is 0 Å². The van der Waals surface area contributed by atoms with Crippen LogP contribution in [0.5, 0.6) is 0 Å². The summed E-state index contributed by atoms with van der Waals surface area (Å²) in [6.45, 7) is 0. The van der Waals surface area contributed by atoms with Gasteiger partial charge in [-0.15, -0.1) is 12.6 Å². The van der Waals surface area contributed by atoms with Gasteiger partial charge in [0.05, 0.1) is 5.52 Å². The minimum atomic E-state index is -0.475. The minimum Gasteiger partial charge on any atom is -0.370 e. The van der Waals surface area contributed by atoms with E-state index in [-0.39, 0.29) is 18.6 Å². The Morgan fingerprint density at radius 2 is 2.06 bits per heavy atom. The Morgan fingerprint density at radius 3 is 2.78 bits per heavy atom. The summed E-state index contributed by atoms with van der Waals surface area (Å²) in [6.07, 6.45) is 1.86. The fourth-order valence-electron chi connectivity index (χ4n) is 1.72. The lowest BCUT2D eigenvalue weighted by molar-refractivity contribution is -0.118. The molecule has 0 spiro atoms. The molecule has 0 atom stereocenters. The van der Waals surface area contributed by atoms with Gasteiger partial charge in [0.15, 0.2) is 5.78 Å². The van der Waals surface area contributed by atoms with Crippen LogP contribution in [0.1, 0.15) is 23.2 Å². The molecule has 0 radical (unpaired) electrons. The molecule has 0 aliphatic rings. The first-order chi connectivity index (χ1) is 8.58. The number of nitrogens with two attached hydrogens (primary N) is 1. The van der Waals surface area contributed by atoms with E-state index in [4.69, 9.17) is 5.73 Å². The first-order valence-electron chi connectivity index (χ1n) is 5.47. The molecular weight excluding hydrogens is 248 g/mol. The number of carbonyl (C=O) groups excluding carboxylic acids is 2. The molecule has 1 amide bonds. The van der Waals surface area contributed by atoms with Crippen LogP contribution in [0.25, 0.3) is 10.9 Å². The van der Waals surface area contributed by atoms with Gasteiger partial charge in [0, 0.05) is 34.9 Å². The van der Waals surface area contributed by atoms with E-state index in [0.717, 1.165) is 10.9 Å². The number of hydrogen-bond donors (Lipinski definition) is 2. The van der Waals surface area contributed by atoms with Gasteiger partial charge in [0.1, 0.15) is 0 Å². The number of nitrogens with zero attached hydrogens (tertiary/aromatic N) is 1. The molecule has 0 aliphatic carbocycles. The second kappa shape index (κ2) is 5.18. The number of fused-ring (bicyclic) bond motifs is 1. The highest BCUT2D eigenvalue weighted by Crippen LogP contribution is 2.22. The van der Waals surface area contributed by atoms with Crippen LogP contribution in [0.4, 0.5) is 0 Å². The van der Waals surface area contributed by atoms with Gasteiger partial charge in [0.2, 0.25) is 5.91 Å². The number of benzene rings is 1. The Morgan fingerprint density at radius 1 is 1.28 bits per heavy atom. The molecule has 0 fully saturated rings. The summed E-state index contributed by atoms with van der Waals surface area (Å²) in [4.78, 5) is 27.4. The summed E-state index contributed by atoms with van der Waals surface area (Å²) >= 11 is 4.32. The zero-order valence-electron chi connectivity index (χ0n) is 9.59. The van der Waals surface area contributed by atoms with Gasteiger partial charge in [-0.2, -0.15) is 0 Å². The zero-order valence-corrected chi connectivity index (χ0v) is 10.5. The van der Waals surface area contributed by atoms with Gasteiger partial charge in [-0.25, -0.2) is 0 Å². The Bertz CT molecular complexity index is 625. The maximum absolute atomic E-state index is 11.9. The van der Waals surface area contributed by atoms with Crippen LogP contribution in [-0.2, 0) is 4.79 Å². The summed E-state index contributed by atoms with van der Waals surface area (Å²) in [5, 5.41) is 0.854. The maximum Gasteiger partial charge on any atom is 0.217 e. The summed E-state index contributed by atoms with van der Waals surface area (Å²) < 4.78 is 0. The van der Waals surface area contributed by atoms with Crippen LogP contribution in [0.15, 0.2) is 35.4 Å². The quantitative estimate of drug-likeness (QED) is 0.652. The lowest BCUT2D eigenvalue weighted by Crippen LogP contribution is -2.12. The fourth-order valence-corrected chi connectivity index (χ4v) is 2.04. The summed E-state index contributed by atoms with van der Waals surface area (Å²) in [7, 11) is 0. The highest BCUT2D eigenvalue weighted by Gasteiger charge is 2.10. The fraction of sp³-hybridized carbons (Fsp3) is 0.154. The van der Waals surface area contributed by atoms with Crippen molar-refractivity contribution in [3.63, 3.8) is 0 Å². The number of carbonyl (C=O) groups is 2. The van der Waals surface area contributed by atoms with Crippen molar-refractivity contribution < 1.29 is 9.59 Å². The SMILES string of the molecule is NC(=O)CCC(=O)c1cc(S)c2ncccc2c1. The van der Waals surface area contributed by atoms with E-state index in [9.17, 15) is 9.59 Å². The molecule has 1 aromatic carbocycles. The van der Waals surface area contributed by atoms with Gasteiger partial charge in [-0.05, 0) is 18.2 Å². The van der Waals surface area contributed by atoms with Gasteiger partial charge in [-0.1, -0.05) is 6.07 Å². The molecule has 92 valence electrons. The summed E-state index contributed by atoms with van der Waals surface area (Å²) in [5.41, 5.74) is 6.31. The van der Waals surface area contributed by atoms with E-state index in [1.807, 2.05) is 6.07 Å². The third-order valence-electron chi connectivity index (χ3n) is 2.61. The van der Waals surface area contributed by atoms with Crippen molar-refractivity contribution in [2.24, 2.45) is 5.73 Å². The predicted octanol–water partition coefficient (Wildman–Crippen LogP) is 1.97. The zero-order chi connectivity index (χ0) is 13.1. The molecule has 1 heterocycles. The molecule has 1 aromatic heterocycles. The number of hydrogen-bond acceptors (Lipinski definition) is 4. The number of thiol groups is 1. The third kappa shape index (κ3) is 2.68. The van der Waals surface area contributed by atoms with Crippen molar-refractivity contribution in [1.29, 1.82) is 0 Å². The third-order valence-corrected chi connectivity index (χ3v) is 2.95. The molecule has 2 aromatic rings. The standard InChI is InChI=1S/C13H12N2O2S/c14-12(17)4-3-10(16)9-6-8-2-1-5-15-13(8)11(18)7-9/h1-2,5-7,18H,3-4H2,(H2,14,17). The van der Waals surface area contributed by atoms with Gasteiger partial charge in [-0.3, -0.25) is 14.6 Å². The first kappa shape index (κ1) is 12.6.